The molecule has 2 aromatic rings. The number of halogens is 1. The second-order valence-corrected chi connectivity index (χ2v) is 11.6. The van der Waals surface area contributed by atoms with Gasteiger partial charge in [-0.15, -0.1) is 0 Å². The number of rotatable bonds is 11. The minimum atomic E-state index is -3.79. The van der Waals surface area contributed by atoms with E-state index in [1.165, 1.54) is 4.90 Å². The van der Waals surface area contributed by atoms with E-state index >= 15 is 0 Å². The van der Waals surface area contributed by atoms with Crippen molar-refractivity contribution in [3.8, 4) is 0 Å². The number of nitrogens with zero attached hydrogens (tertiary/aromatic N) is 2. The molecule has 0 aliphatic carbocycles. The fraction of sp³-hybridized carbons (Fsp3) is 0.462. The molecule has 9 heteroatoms. The Bertz CT molecular complexity index is 1150. The van der Waals surface area contributed by atoms with E-state index in [2.05, 4.69) is 5.32 Å². The van der Waals surface area contributed by atoms with Crippen LogP contribution >= 0.6 is 11.6 Å². The number of aryl methyl sites for hydroxylation is 2. The van der Waals surface area contributed by atoms with Gasteiger partial charge in [-0.05, 0) is 55.5 Å². The number of anilines is 1. The molecule has 192 valence electrons. The van der Waals surface area contributed by atoms with E-state index in [1.54, 1.807) is 25.1 Å². The van der Waals surface area contributed by atoms with Crippen molar-refractivity contribution in [2.24, 2.45) is 5.92 Å². The topological polar surface area (TPSA) is 86.8 Å². The zero-order valence-electron chi connectivity index (χ0n) is 21.3. The van der Waals surface area contributed by atoms with Gasteiger partial charge in [-0.2, -0.15) is 0 Å². The highest BCUT2D eigenvalue weighted by Gasteiger charge is 2.32. The van der Waals surface area contributed by atoms with Crippen LogP contribution in [0, 0.1) is 19.8 Å². The Hall–Kier alpha value is -2.58. The van der Waals surface area contributed by atoms with E-state index in [0.29, 0.717) is 29.2 Å². The van der Waals surface area contributed by atoms with E-state index in [-0.39, 0.29) is 18.4 Å². The maximum Gasteiger partial charge on any atom is 0.244 e. The van der Waals surface area contributed by atoms with Crippen LogP contribution in [-0.4, -0.2) is 50.5 Å². The van der Waals surface area contributed by atoms with Crippen molar-refractivity contribution in [3.63, 3.8) is 0 Å². The third-order valence-electron chi connectivity index (χ3n) is 5.61. The Balaban J connectivity index is 2.45. The van der Waals surface area contributed by atoms with Gasteiger partial charge in [0.2, 0.25) is 21.8 Å². The molecule has 0 spiro atoms. The SMILES string of the molecule is CC[C@@H](C(=O)NCC(C)C)N(Cc1cccc(C)c1)C(=O)CN(c1ccc(Cl)cc1C)S(C)(=O)=O. The summed E-state index contributed by atoms with van der Waals surface area (Å²) in [5, 5.41) is 3.39. The van der Waals surface area contributed by atoms with Gasteiger partial charge in [-0.25, -0.2) is 8.42 Å². The molecule has 2 aromatic carbocycles. The normalized spacial score (nSPS) is 12.3. The molecule has 1 N–H and O–H groups in total. The molecule has 0 aliphatic rings. The van der Waals surface area contributed by atoms with Crippen molar-refractivity contribution in [1.29, 1.82) is 0 Å². The third-order valence-corrected chi connectivity index (χ3v) is 6.97. The van der Waals surface area contributed by atoms with Crippen molar-refractivity contribution in [2.75, 3.05) is 23.7 Å². The maximum absolute atomic E-state index is 13.7. The van der Waals surface area contributed by atoms with Gasteiger partial charge in [0.25, 0.3) is 0 Å². The Labute approximate surface area is 214 Å². The van der Waals surface area contributed by atoms with Crippen LogP contribution in [0.3, 0.4) is 0 Å². The lowest BCUT2D eigenvalue weighted by molar-refractivity contribution is -0.140. The van der Waals surface area contributed by atoms with Crippen molar-refractivity contribution < 1.29 is 18.0 Å². The Kier molecular flexibility index (Phi) is 10.2. The fourth-order valence-corrected chi connectivity index (χ4v) is 4.98. The van der Waals surface area contributed by atoms with E-state index in [0.717, 1.165) is 21.7 Å². The minimum Gasteiger partial charge on any atom is -0.354 e. The van der Waals surface area contributed by atoms with Crippen LogP contribution in [0.2, 0.25) is 5.02 Å². The quantitative estimate of drug-likeness (QED) is 0.477. The average Bonchev–Trinajstić information content (AvgIpc) is 2.75. The van der Waals surface area contributed by atoms with E-state index in [4.69, 9.17) is 11.6 Å². The smallest absolute Gasteiger partial charge is 0.244 e. The van der Waals surface area contributed by atoms with Gasteiger partial charge in [0.05, 0.1) is 11.9 Å². The molecular weight excluding hydrogens is 486 g/mol. The van der Waals surface area contributed by atoms with Gasteiger partial charge in [-0.1, -0.05) is 62.2 Å². The van der Waals surface area contributed by atoms with Crippen molar-refractivity contribution in [3.05, 3.63) is 64.2 Å². The van der Waals surface area contributed by atoms with Crippen molar-refractivity contribution >= 4 is 39.1 Å². The van der Waals surface area contributed by atoms with Crippen LogP contribution in [0.25, 0.3) is 0 Å². The lowest BCUT2D eigenvalue weighted by atomic mass is 10.1. The number of carbonyl (C=O) groups excluding carboxylic acids is 2. The van der Waals surface area contributed by atoms with Crippen LogP contribution in [0.1, 0.15) is 43.9 Å². The number of sulfonamides is 1. The molecule has 7 nitrogen and oxygen atoms in total. The molecule has 0 aliphatic heterocycles. The highest BCUT2D eigenvalue weighted by Crippen LogP contribution is 2.26. The highest BCUT2D eigenvalue weighted by atomic mass is 35.5. The Morgan fingerprint density at radius 1 is 1.09 bits per heavy atom. The van der Waals surface area contributed by atoms with E-state index < -0.39 is 28.5 Å². The number of amides is 2. The maximum atomic E-state index is 13.7. The summed E-state index contributed by atoms with van der Waals surface area (Å²) in [6, 6.07) is 11.8. The van der Waals surface area contributed by atoms with Crippen molar-refractivity contribution in [2.45, 2.75) is 53.6 Å². The number of hydrogen-bond donors (Lipinski definition) is 1. The molecule has 0 bridgehead atoms. The van der Waals surface area contributed by atoms with Gasteiger partial charge >= 0.3 is 0 Å². The van der Waals surface area contributed by atoms with E-state index in [1.807, 2.05) is 52.0 Å². The lowest BCUT2D eigenvalue weighted by Crippen LogP contribution is -2.52. The summed E-state index contributed by atoms with van der Waals surface area (Å²) < 4.78 is 26.5. The summed E-state index contributed by atoms with van der Waals surface area (Å²) >= 11 is 6.05. The summed E-state index contributed by atoms with van der Waals surface area (Å²) in [6.07, 6.45) is 1.45. The summed E-state index contributed by atoms with van der Waals surface area (Å²) in [5.41, 5.74) is 2.89. The van der Waals surface area contributed by atoms with Gasteiger partial charge in [-0.3, -0.25) is 13.9 Å². The monoisotopic (exact) mass is 521 g/mol. The largest absolute Gasteiger partial charge is 0.354 e. The second kappa shape index (κ2) is 12.4. The number of benzene rings is 2. The molecule has 0 radical (unpaired) electrons. The zero-order chi connectivity index (χ0) is 26.3. The van der Waals surface area contributed by atoms with Crippen LogP contribution in [0.5, 0.6) is 0 Å². The van der Waals surface area contributed by atoms with E-state index in [9.17, 15) is 18.0 Å². The lowest BCUT2D eigenvalue weighted by Gasteiger charge is -2.33. The minimum absolute atomic E-state index is 0.186. The summed E-state index contributed by atoms with van der Waals surface area (Å²) in [7, 11) is -3.79. The van der Waals surface area contributed by atoms with Gasteiger partial charge in [0.15, 0.2) is 0 Å². The summed E-state index contributed by atoms with van der Waals surface area (Å²) in [5.74, 6) is -0.459. The van der Waals surface area contributed by atoms with Crippen LogP contribution in [-0.2, 0) is 26.2 Å². The Morgan fingerprint density at radius 2 is 1.77 bits per heavy atom. The molecule has 0 saturated carbocycles. The first-order chi connectivity index (χ1) is 16.3. The van der Waals surface area contributed by atoms with Gasteiger partial charge in [0, 0.05) is 18.1 Å². The molecule has 0 unspecified atom stereocenters. The number of nitrogens with one attached hydrogen (secondary N) is 1. The molecule has 2 rings (SSSR count). The molecule has 0 aromatic heterocycles. The van der Waals surface area contributed by atoms with Gasteiger partial charge < -0.3 is 10.2 Å². The number of carbonyl (C=O) groups is 2. The molecule has 2 amide bonds. The molecule has 35 heavy (non-hydrogen) atoms. The van der Waals surface area contributed by atoms with Crippen molar-refractivity contribution in [1.82, 2.24) is 10.2 Å². The predicted molar refractivity (Wildman–Crippen MR) is 142 cm³/mol. The van der Waals surface area contributed by atoms with Crippen LogP contribution in [0.4, 0.5) is 5.69 Å². The van der Waals surface area contributed by atoms with Crippen LogP contribution in [0.15, 0.2) is 42.5 Å². The standard InChI is InChI=1S/C26H36ClN3O4S/c1-7-23(26(32)28-15-18(2)3)29(16-21-10-8-9-19(4)13-21)25(31)17-30(35(6,33)34)24-12-11-22(27)14-20(24)5/h8-14,18,23H,7,15-17H2,1-6H3,(H,28,32)/t23-/m0/s1. The molecule has 1 atom stereocenters. The average molecular weight is 522 g/mol. The summed E-state index contributed by atoms with van der Waals surface area (Å²) in [6.45, 7) is 9.77. The first-order valence-corrected chi connectivity index (χ1v) is 13.9. The third kappa shape index (κ3) is 8.25. The molecule has 0 saturated heterocycles. The van der Waals surface area contributed by atoms with Crippen LogP contribution < -0.4 is 9.62 Å². The summed E-state index contributed by atoms with van der Waals surface area (Å²) in [4.78, 5) is 28.3. The molecule has 0 heterocycles. The molecule has 0 fully saturated rings. The first-order valence-electron chi connectivity index (χ1n) is 11.7. The predicted octanol–water partition coefficient (Wildman–Crippen LogP) is 4.30. The fourth-order valence-electron chi connectivity index (χ4n) is 3.84. The first kappa shape index (κ1) is 28.7. The second-order valence-electron chi connectivity index (χ2n) is 9.27. The number of hydrogen-bond acceptors (Lipinski definition) is 4. The Morgan fingerprint density at radius 3 is 2.31 bits per heavy atom. The highest BCUT2D eigenvalue weighted by molar-refractivity contribution is 7.92. The molecular formula is C26H36ClN3O4S. The zero-order valence-corrected chi connectivity index (χ0v) is 22.9. The van der Waals surface area contributed by atoms with Gasteiger partial charge in [0.1, 0.15) is 12.6 Å².